The van der Waals surface area contributed by atoms with Crippen molar-refractivity contribution in [2.24, 2.45) is 10.7 Å². The van der Waals surface area contributed by atoms with Crippen LogP contribution in [0.4, 0.5) is 10.1 Å². The lowest BCUT2D eigenvalue weighted by atomic mass is 10.1. The van der Waals surface area contributed by atoms with E-state index in [1.807, 2.05) is 0 Å². The minimum absolute atomic E-state index is 0.136. The largest absolute Gasteiger partial charge is 0.506 e. The van der Waals surface area contributed by atoms with Gasteiger partial charge in [0, 0.05) is 11.9 Å². The van der Waals surface area contributed by atoms with Crippen LogP contribution in [0.2, 0.25) is 0 Å². The van der Waals surface area contributed by atoms with Crippen LogP contribution < -0.4 is 16.2 Å². The highest BCUT2D eigenvalue weighted by molar-refractivity contribution is 7.65. The van der Waals surface area contributed by atoms with Gasteiger partial charge in [-0.05, 0) is 49.6 Å². The lowest BCUT2D eigenvalue weighted by Gasteiger charge is -2.23. The normalized spacial score (nSPS) is 20.3. The third-order valence-electron chi connectivity index (χ3n) is 5.85. The molecule has 9 heteroatoms. The molecule has 31 heavy (non-hydrogen) atoms. The fourth-order valence-electron chi connectivity index (χ4n) is 4.01. The summed E-state index contributed by atoms with van der Waals surface area (Å²) in [5, 5.41) is 14.1. The molecule has 1 unspecified atom stereocenters. The molecule has 3 aromatic rings. The lowest BCUT2D eigenvalue weighted by Crippen LogP contribution is -2.33. The first-order valence-corrected chi connectivity index (χ1v) is 11.7. The molecule has 7 nitrogen and oxygen atoms in total. The number of rotatable bonds is 4. The van der Waals surface area contributed by atoms with Crippen molar-refractivity contribution in [1.82, 2.24) is 4.57 Å². The molecule has 1 aromatic heterocycles. The molecule has 1 aliphatic carbocycles. The molecular weight excluding hydrogens is 420 g/mol. The average molecular weight is 441 g/mol. The SMILES string of the molecule is Cc1ccc2c(c1)P(=O)(O)N=C(c1c(O)c3cc(F)ccc3n(CCC3CC3)c1=O)N2. The van der Waals surface area contributed by atoms with Crippen molar-refractivity contribution in [1.29, 1.82) is 0 Å². The second kappa shape index (κ2) is 7.04. The second-order valence-corrected chi connectivity index (χ2v) is 9.98. The summed E-state index contributed by atoms with van der Waals surface area (Å²) in [6.07, 6.45) is 3.02. The number of nitrogens with one attached hydrogen (secondary N) is 1. The molecule has 0 spiro atoms. The van der Waals surface area contributed by atoms with Gasteiger partial charge in [0.05, 0.1) is 16.5 Å². The van der Waals surface area contributed by atoms with Crippen molar-refractivity contribution in [3.05, 3.63) is 63.7 Å². The quantitative estimate of drug-likeness (QED) is 0.537. The van der Waals surface area contributed by atoms with Crippen LogP contribution in [-0.2, 0) is 11.1 Å². The number of pyridine rings is 1. The molecule has 1 aliphatic heterocycles. The van der Waals surface area contributed by atoms with Gasteiger partial charge in [-0.2, -0.15) is 4.76 Å². The Bertz CT molecular complexity index is 1380. The van der Waals surface area contributed by atoms with Crippen LogP contribution in [-0.4, -0.2) is 20.4 Å². The third kappa shape index (κ3) is 3.46. The zero-order chi connectivity index (χ0) is 21.9. The van der Waals surface area contributed by atoms with E-state index < -0.39 is 24.6 Å². The van der Waals surface area contributed by atoms with Crippen molar-refractivity contribution in [2.75, 3.05) is 5.32 Å². The van der Waals surface area contributed by atoms with E-state index in [-0.39, 0.29) is 22.1 Å². The van der Waals surface area contributed by atoms with Gasteiger partial charge in [-0.1, -0.05) is 24.5 Å². The molecule has 5 rings (SSSR count). The summed E-state index contributed by atoms with van der Waals surface area (Å²) >= 11 is 0. The Labute approximate surface area is 177 Å². The van der Waals surface area contributed by atoms with Crippen LogP contribution in [0.1, 0.15) is 30.4 Å². The summed E-state index contributed by atoms with van der Waals surface area (Å²) in [5.41, 5.74) is 0.755. The number of aromatic hydroxyl groups is 1. The Kier molecular flexibility index (Phi) is 4.53. The molecule has 0 saturated heterocycles. The molecule has 1 fully saturated rings. The lowest BCUT2D eigenvalue weighted by molar-refractivity contribution is 0.475. The first-order chi connectivity index (χ1) is 14.7. The summed E-state index contributed by atoms with van der Waals surface area (Å²) in [4.78, 5) is 24.0. The molecule has 1 saturated carbocycles. The van der Waals surface area contributed by atoms with Crippen LogP contribution >= 0.6 is 7.52 Å². The van der Waals surface area contributed by atoms with Crippen LogP contribution in [0.5, 0.6) is 5.75 Å². The smallest absolute Gasteiger partial charge is 0.346 e. The summed E-state index contributed by atoms with van der Waals surface area (Å²) in [7, 11) is -4.18. The summed E-state index contributed by atoms with van der Waals surface area (Å²) in [6, 6.07) is 8.82. The predicted molar refractivity (Wildman–Crippen MR) is 118 cm³/mol. The highest BCUT2D eigenvalue weighted by Gasteiger charge is 2.33. The minimum Gasteiger partial charge on any atom is -0.506 e. The summed E-state index contributed by atoms with van der Waals surface area (Å²) < 4.78 is 32.3. The Morgan fingerprint density at radius 3 is 2.77 bits per heavy atom. The Hall–Kier alpha value is -2.96. The Balaban J connectivity index is 1.73. The number of nitrogens with zero attached hydrogens (tertiary/aromatic N) is 2. The van der Waals surface area contributed by atoms with Gasteiger partial charge in [0.1, 0.15) is 17.1 Å². The number of aromatic nitrogens is 1. The maximum absolute atomic E-state index is 14.0. The van der Waals surface area contributed by atoms with Gasteiger partial charge in [-0.25, -0.2) is 4.39 Å². The Morgan fingerprint density at radius 1 is 1.26 bits per heavy atom. The van der Waals surface area contributed by atoms with Crippen molar-refractivity contribution in [2.45, 2.75) is 32.7 Å². The maximum Gasteiger partial charge on any atom is 0.346 e. The molecule has 160 valence electrons. The predicted octanol–water partition coefficient (Wildman–Crippen LogP) is 3.64. The fraction of sp³-hybridized carbons (Fsp3) is 0.273. The highest BCUT2D eigenvalue weighted by atomic mass is 31.2. The van der Waals surface area contributed by atoms with E-state index in [1.165, 1.54) is 16.7 Å². The van der Waals surface area contributed by atoms with E-state index >= 15 is 0 Å². The van der Waals surface area contributed by atoms with E-state index in [2.05, 4.69) is 10.1 Å². The number of benzene rings is 2. The number of hydrogen-bond donors (Lipinski definition) is 3. The maximum atomic E-state index is 14.0. The van der Waals surface area contributed by atoms with Gasteiger partial charge in [-0.15, -0.1) is 0 Å². The molecule has 0 amide bonds. The van der Waals surface area contributed by atoms with Crippen molar-refractivity contribution in [3.8, 4) is 5.75 Å². The number of amidine groups is 1. The average Bonchev–Trinajstić information content (AvgIpc) is 3.53. The second-order valence-electron chi connectivity index (χ2n) is 8.21. The van der Waals surface area contributed by atoms with E-state index in [4.69, 9.17) is 0 Å². The molecule has 0 radical (unpaired) electrons. The molecule has 0 bridgehead atoms. The zero-order valence-corrected chi connectivity index (χ0v) is 17.7. The van der Waals surface area contributed by atoms with Crippen LogP contribution in [0, 0.1) is 18.7 Å². The fourth-order valence-corrected chi connectivity index (χ4v) is 5.35. The van der Waals surface area contributed by atoms with E-state index in [0.717, 1.165) is 30.9 Å². The van der Waals surface area contributed by atoms with E-state index in [0.29, 0.717) is 23.7 Å². The minimum atomic E-state index is -4.18. The van der Waals surface area contributed by atoms with Crippen LogP contribution in [0.3, 0.4) is 0 Å². The van der Waals surface area contributed by atoms with Gasteiger partial charge < -0.3 is 19.9 Å². The third-order valence-corrected chi connectivity index (χ3v) is 7.32. The molecule has 3 N–H and O–H groups in total. The molecule has 1 atom stereocenters. The highest BCUT2D eigenvalue weighted by Crippen LogP contribution is 2.47. The van der Waals surface area contributed by atoms with Gasteiger partial charge in [0.25, 0.3) is 5.56 Å². The van der Waals surface area contributed by atoms with Gasteiger partial charge >= 0.3 is 7.52 Å². The first kappa shape index (κ1) is 20.0. The molecular formula is C22H21FN3O4P. The van der Waals surface area contributed by atoms with Crippen LogP contribution in [0.15, 0.2) is 46.0 Å². The number of fused-ring (bicyclic) bond motifs is 2. The van der Waals surface area contributed by atoms with Gasteiger partial charge in [0.2, 0.25) is 0 Å². The van der Waals surface area contributed by atoms with Crippen molar-refractivity contribution < 1.29 is 19.0 Å². The zero-order valence-electron chi connectivity index (χ0n) is 16.8. The molecule has 2 heterocycles. The monoisotopic (exact) mass is 441 g/mol. The number of anilines is 1. The summed E-state index contributed by atoms with van der Waals surface area (Å²) in [6.45, 7) is 2.19. The molecule has 2 aliphatic rings. The van der Waals surface area contributed by atoms with Gasteiger partial charge in [-0.3, -0.25) is 9.36 Å². The van der Waals surface area contributed by atoms with Gasteiger partial charge in [0.15, 0.2) is 5.84 Å². The van der Waals surface area contributed by atoms with Crippen LogP contribution in [0.25, 0.3) is 10.9 Å². The summed E-state index contributed by atoms with van der Waals surface area (Å²) in [5.74, 6) is -0.675. The van der Waals surface area contributed by atoms with Crippen molar-refractivity contribution >= 4 is 35.3 Å². The topological polar surface area (TPSA) is 104 Å². The van der Waals surface area contributed by atoms with E-state index in [9.17, 15) is 23.7 Å². The number of aryl methyl sites for hydroxylation is 2. The standard InChI is InChI=1S/C22H21FN3O4P/c1-12-2-6-16-18(10-12)31(29,30)25-21(24-16)19-20(27)15-11-14(23)5-7-17(15)26(22(19)28)9-8-13-3-4-13/h2,5-7,10-11,13,27H,3-4,8-9H2,1H3,(H2,24,25,29,30). The van der Waals surface area contributed by atoms with E-state index in [1.54, 1.807) is 25.1 Å². The van der Waals surface area contributed by atoms with Crippen molar-refractivity contribution in [3.63, 3.8) is 0 Å². The Morgan fingerprint density at radius 2 is 2.03 bits per heavy atom. The first-order valence-electron chi connectivity index (χ1n) is 10.1. The number of hydrogen-bond acceptors (Lipinski definition) is 4. The molecule has 2 aromatic carbocycles. The number of halogens is 1.